The molecule has 0 aliphatic carbocycles. The predicted octanol–water partition coefficient (Wildman–Crippen LogP) is 2.08. The summed E-state index contributed by atoms with van der Waals surface area (Å²) in [6.45, 7) is 3.19. The minimum Gasteiger partial charge on any atom is -0.492 e. The van der Waals surface area contributed by atoms with E-state index >= 15 is 0 Å². The number of nitrogens with one attached hydrogen (secondary N) is 1. The van der Waals surface area contributed by atoms with Crippen LogP contribution < -0.4 is 15.6 Å². The second kappa shape index (κ2) is 9.14. The minimum atomic E-state index is -0.864. The molecule has 0 aliphatic rings. The van der Waals surface area contributed by atoms with Gasteiger partial charge in [-0.2, -0.15) is 0 Å². The van der Waals surface area contributed by atoms with Gasteiger partial charge in [0, 0.05) is 0 Å². The first-order valence-corrected chi connectivity index (χ1v) is 9.20. The van der Waals surface area contributed by atoms with Gasteiger partial charge in [-0.3, -0.25) is 14.2 Å². The van der Waals surface area contributed by atoms with E-state index in [2.05, 4.69) is 10.3 Å². The van der Waals surface area contributed by atoms with Crippen molar-refractivity contribution in [3.63, 3.8) is 0 Å². The number of nitrogens with zero attached hydrogens (tertiary/aromatic N) is 2. The molecule has 0 saturated carbocycles. The molecule has 7 heteroatoms. The molecule has 7 nitrogen and oxygen atoms in total. The molecule has 0 spiro atoms. The second-order valence-electron chi connectivity index (χ2n) is 6.41. The van der Waals surface area contributed by atoms with Crippen molar-refractivity contribution in [2.75, 3.05) is 13.2 Å². The molecular weight excluding hydrogens is 358 g/mol. The minimum absolute atomic E-state index is 0.0901. The van der Waals surface area contributed by atoms with Gasteiger partial charge in [-0.05, 0) is 42.8 Å². The van der Waals surface area contributed by atoms with E-state index in [0.717, 1.165) is 5.56 Å². The summed E-state index contributed by atoms with van der Waals surface area (Å²) >= 11 is 0. The van der Waals surface area contributed by atoms with Gasteiger partial charge in [0.15, 0.2) is 0 Å². The molecule has 28 heavy (non-hydrogen) atoms. The van der Waals surface area contributed by atoms with E-state index in [1.54, 1.807) is 6.07 Å². The summed E-state index contributed by atoms with van der Waals surface area (Å²) in [6.07, 6.45) is 1.94. The largest absolute Gasteiger partial charge is 0.492 e. The highest BCUT2D eigenvalue weighted by Crippen LogP contribution is 2.14. The summed E-state index contributed by atoms with van der Waals surface area (Å²) < 4.78 is 7.24. The Bertz CT molecular complexity index is 998. The van der Waals surface area contributed by atoms with Crippen molar-refractivity contribution in [1.82, 2.24) is 14.9 Å². The van der Waals surface area contributed by atoms with Crippen molar-refractivity contribution in [2.24, 2.45) is 0 Å². The van der Waals surface area contributed by atoms with Crippen LogP contribution in [0.25, 0.3) is 10.9 Å². The topological polar surface area (TPSA) is 93.5 Å². The second-order valence-corrected chi connectivity index (χ2v) is 6.41. The molecular formula is C21H23N3O4. The smallest absolute Gasteiger partial charge is 0.321 e. The lowest BCUT2D eigenvalue weighted by Crippen LogP contribution is -2.38. The zero-order chi connectivity index (χ0) is 19.9. The SMILES string of the molecule is CCNC(Cc1ccc(OCCn2cnc3ccccc3c2=O)cc1)C(=O)O. The molecule has 0 fully saturated rings. The zero-order valence-electron chi connectivity index (χ0n) is 15.7. The molecule has 146 valence electrons. The maximum absolute atomic E-state index is 12.4. The molecule has 0 bridgehead atoms. The van der Waals surface area contributed by atoms with Crippen molar-refractivity contribution in [3.8, 4) is 5.75 Å². The molecule has 1 aromatic heterocycles. The fraction of sp³-hybridized carbons (Fsp3) is 0.286. The molecule has 3 aromatic rings. The first-order chi connectivity index (χ1) is 13.6. The molecule has 0 saturated heterocycles. The number of carboxylic acid groups (broad SMARTS) is 1. The summed E-state index contributed by atoms with van der Waals surface area (Å²) in [5.74, 6) is -0.197. The first-order valence-electron chi connectivity index (χ1n) is 9.20. The van der Waals surface area contributed by atoms with E-state index in [1.165, 1.54) is 10.9 Å². The van der Waals surface area contributed by atoms with E-state index in [1.807, 2.05) is 49.4 Å². The van der Waals surface area contributed by atoms with Crippen molar-refractivity contribution in [3.05, 3.63) is 70.8 Å². The van der Waals surface area contributed by atoms with Crippen LogP contribution >= 0.6 is 0 Å². The Morgan fingerprint density at radius 3 is 2.68 bits per heavy atom. The number of carboxylic acids is 1. The molecule has 2 N–H and O–H groups in total. The maximum atomic E-state index is 12.4. The molecule has 0 aliphatic heterocycles. The van der Waals surface area contributed by atoms with Gasteiger partial charge in [0.05, 0.1) is 23.8 Å². The number of fused-ring (bicyclic) bond motifs is 1. The number of carbonyl (C=O) groups is 1. The molecule has 1 unspecified atom stereocenters. The first kappa shape index (κ1) is 19.6. The Morgan fingerprint density at radius 1 is 1.21 bits per heavy atom. The lowest BCUT2D eigenvalue weighted by Gasteiger charge is -2.13. The quantitative estimate of drug-likeness (QED) is 0.589. The zero-order valence-corrected chi connectivity index (χ0v) is 15.7. The highest BCUT2D eigenvalue weighted by molar-refractivity contribution is 5.76. The highest BCUT2D eigenvalue weighted by Gasteiger charge is 2.16. The third kappa shape index (κ3) is 4.75. The third-order valence-electron chi connectivity index (χ3n) is 4.44. The number of para-hydroxylation sites is 1. The maximum Gasteiger partial charge on any atom is 0.321 e. The molecule has 1 heterocycles. The number of rotatable bonds is 9. The number of aromatic nitrogens is 2. The van der Waals surface area contributed by atoms with Gasteiger partial charge in [0.25, 0.3) is 5.56 Å². The summed E-state index contributed by atoms with van der Waals surface area (Å²) in [7, 11) is 0. The van der Waals surface area contributed by atoms with Crippen LogP contribution in [0.3, 0.4) is 0 Å². The Balaban J connectivity index is 1.57. The third-order valence-corrected chi connectivity index (χ3v) is 4.44. The molecule has 0 radical (unpaired) electrons. The van der Waals surface area contributed by atoms with Gasteiger partial charge in [-0.25, -0.2) is 4.98 Å². The van der Waals surface area contributed by atoms with Gasteiger partial charge >= 0.3 is 5.97 Å². The number of hydrogen-bond acceptors (Lipinski definition) is 5. The lowest BCUT2D eigenvalue weighted by molar-refractivity contribution is -0.139. The summed E-state index contributed by atoms with van der Waals surface area (Å²) in [4.78, 5) is 28.0. The predicted molar refractivity (Wildman–Crippen MR) is 107 cm³/mol. The number of hydrogen-bond donors (Lipinski definition) is 2. The van der Waals surface area contributed by atoms with E-state index in [-0.39, 0.29) is 5.56 Å². The molecule has 3 rings (SSSR count). The van der Waals surface area contributed by atoms with Crippen LogP contribution in [-0.2, 0) is 17.8 Å². The number of aliphatic carboxylic acids is 1. The number of likely N-dealkylation sites (N-methyl/N-ethyl adjacent to an activating group) is 1. The van der Waals surface area contributed by atoms with Gasteiger partial charge in [-0.15, -0.1) is 0 Å². The molecule has 0 amide bonds. The Hall–Kier alpha value is -3.19. The van der Waals surface area contributed by atoms with Gasteiger partial charge in [0.1, 0.15) is 18.4 Å². The van der Waals surface area contributed by atoms with E-state index in [4.69, 9.17) is 4.74 Å². The van der Waals surface area contributed by atoms with Crippen molar-refractivity contribution in [1.29, 1.82) is 0 Å². The van der Waals surface area contributed by atoms with E-state index < -0.39 is 12.0 Å². The highest BCUT2D eigenvalue weighted by atomic mass is 16.5. The summed E-state index contributed by atoms with van der Waals surface area (Å²) in [5, 5.41) is 12.7. The lowest BCUT2D eigenvalue weighted by atomic mass is 10.1. The van der Waals surface area contributed by atoms with E-state index in [9.17, 15) is 14.7 Å². The Kier molecular flexibility index (Phi) is 6.39. The standard InChI is InChI=1S/C21H23N3O4/c1-2-22-19(21(26)27)13-15-7-9-16(10-8-15)28-12-11-24-14-23-18-6-4-3-5-17(18)20(24)25/h3-10,14,19,22H,2,11-13H2,1H3,(H,26,27). The van der Waals surface area contributed by atoms with E-state index in [0.29, 0.717) is 42.8 Å². The monoisotopic (exact) mass is 381 g/mol. The Labute approximate surface area is 162 Å². The van der Waals surface area contributed by atoms with Crippen LogP contribution in [0.4, 0.5) is 0 Å². The van der Waals surface area contributed by atoms with Crippen LogP contribution in [0.15, 0.2) is 59.7 Å². The summed E-state index contributed by atoms with van der Waals surface area (Å²) in [5.41, 5.74) is 1.50. The molecule has 2 aromatic carbocycles. The molecule has 1 atom stereocenters. The van der Waals surface area contributed by atoms with Crippen molar-refractivity contribution in [2.45, 2.75) is 25.9 Å². The van der Waals surface area contributed by atoms with Crippen LogP contribution in [0, 0.1) is 0 Å². The van der Waals surface area contributed by atoms with Crippen molar-refractivity contribution < 1.29 is 14.6 Å². The normalized spacial score (nSPS) is 12.0. The van der Waals surface area contributed by atoms with Gasteiger partial charge < -0.3 is 15.2 Å². The van der Waals surface area contributed by atoms with Crippen LogP contribution in [0.2, 0.25) is 0 Å². The van der Waals surface area contributed by atoms with Gasteiger partial charge in [-0.1, -0.05) is 31.2 Å². The van der Waals surface area contributed by atoms with Crippen LogP contribution in [0.5, 0.6) is 5.75 Å². The number of benzene rings is 2. The Morgan fingerprint density at radius 2 is 1.96 bits per heavy atom. The van der Waals surface area contributed by atoms with Crippen LogP contribution in [-0.4, -0.2) is 39.8 Å². The van der Waals surface area contributed by atoms with Crippen LogP contribution in [0.1, 0.15) is 12.5 Å². The average Bonchev–Trinajstić information content (AvgIpc) is 2.70. The average molecular weight is 381 g/mol. The fourth-order valence-corrected chi connectivity index (χ4v) is 2.98. The summed E-state index contributed by atoms with van der Waals surface area (Å²) in [6, 6.07) is 14.0. The number of ether oxygens (including phenoxy) is 1. The van der Waals surface area contributed by atoms with Crippen molar-refractivity contribution >= 4 is 16.9 Å². The van der Waals surface area contributed by atoms with Gasteiger partial charge in [0.2, 0.25) is 0 Å². The fourth-order valence-electron chi connectivity index (χ4n) is 2.98.